The van der Waals surface area contributed by atoms with Crippen LogP contribution in [-0.2, 0) is 35.1 Å². The number of aromatic hydroxyl groups is 1. The van der Waals surface area contributed by atoms with Gasteiger partial charge in [-0.1, -0.05) is 0 Å². The van der Waals surface area contributed by atoms with Crippen molar-refractivity contribution in [2.24, 2.45) is 10.2 Å². The van der Waals surface area contributed by atoms with Gasteiger partial charge in [0.2, 0.25) is 15.9 Å². The van der Waals surface area contributed by atoms with Gasteiger partial charge < -0.3 is 30.7 Å². The number of phenolic OH excluding ortho intramolecular Hbond substituents is 1. The zero-order valence-corrected chi connectivity index (χ0v) is 29.5. The Morgan fingerprint density at radius 1 is 0.843 bits per heavy atom. The van der Waals surface area contributed by atoms with Crippen molar-refractivity contribution in [1.29, 1.82) is 0 Å². The summed E-state index contributed by atoms with van der Waals surface area (Å²) in [5, 5.41) is 42.6. The molecule has 0 saturated carbocycles. The molecule has 4 aromatic rings. The molecule has 21 heteroatoms. The number of hydrogen-bond acceptors (Lipinski definition) is 14. The van der Waals surface area contributed by atoms with Crippen molar-refractivity contribution in [3.05, 3.63) is 60.2 Å². The van der Waals surface area contributed by atoms with Gasteiger partial charge in [0.05, 0.1) is 52.9 Å². The Morgan fingerprint density at radius 3 is 2.00 bits per heavy atom. The Bertz CT molecular complexity index is 2340. The van der Waals surface area contributed by atoms with E-state index < -0.39 is 70.6 Å². The van der Waals surface area contributed by atoms with E-state index in [1.165, 1.54) is 43.5 Å². The minimum Gasteiger partial charge on any atom is -0.505 e. The maximum atomic E-state index is 12.9. The number of phenols is 1. The van der Waals surface area contributed by atoms with Crippen LogP contribution in [0.25, 0.3) is 10.8 Å². The van der Waals surface area contributed by atoms with Crippen LogP contribution in [0.2, 0.25) is 0 Å². The number of hydrogen-bond donors (Lipinski definition) is 7. The summed E-state index contributed by atoms with van der Waals surface area (Å²) >= 11 is 0. The summed E-state index contributed by atoms with van der Waals surface area (Å²) in [6, 6.07) is 10.8. The minimum absolute atomic E-state index is 0.0495. The van der Waals surface area contributed by atoms with Crippen LogP contribution in [0.5, 0.6) is 11.5 Å². The number of nitrogens with one attached hydrogen (secondary N) is 2. The first-order valence-electron chi connectivity index (χ1n) is 14.6. The van der Waals surface area contributed by atoms with Crippen LogP contribution in [0.4, 0.5) is 28.4 Å². The Balaban J connectivity index is 1.76. The highest BCUT2D eigenvalue weighted by Crippen LogP contribution is 2.46. The van der Waals surface area contributed by atoms with E-state index in [0.717, 1.165) is 29.4 Å². The average Bonchev–Trinajstić information content (AvgIpc) is 3.04. The van der Waals surface area contributed by atoms with Gasteiger partial charge in [0, 0.05) is 31.5 Å². The van der Waals surface area contributed by atoms with E-state index in [9.17, 15) is 54.5 Å². The molecule has 18 nitrogen and oxygen atoms in total. The number of anilines is 3. The van der Waals surface area contributed by atoms with Gasteiger partial charge in [0.15, 0.2) is 0 Å². The number of carbonyl (C=O) groups is 1. The molecule has 0 unspecified atom stereocenters. The maximum Gasteiger partial charge on any atom is 0.296 e. The van der Waals surface area contributed by atoms with Crippen LogP contribution in [0.15, 0.2) is 79.5 Å². The highest BCUT2D eigenvalue weighted by molar-refractivity contribution is 7.89. The second-order valence-electron chi connectivity index (χ2n) is 10.8. The van der Waals surface area contributed by atoms with E-state index in [1.54, 1.807) is 6.92 Å². The number of amides is 1. The fourth-order valence-corrected chi connectivity index (χ4v) is 7.59. The lowest BCUT2D eigenvalue weighted by atomic mass is 10.1. The Hall–Kier alpha value is -4.74. The van der Waals surface area contributed by atoms with Gasteiger partial charge in [-0.2, -0.15) is 31.4 Å². The molecule has 0 heterocycles. The standard InChI is InChI=1S/C30H33N5O13S3/c1-17-12-24(26(48-3)16-23(17)34-33-20-4-6-21(7-5-20)49(40,41)35(8-10-36)9-11-37)32-29-27(51(45,46)47)14-19-13-22(50(42,43)44)15-25(31-18(2)38)28(19)30(29)39/h4-7,12-16,32,36-37,39H,8-11H2,1-3H3,(H,31,38)(H,42,43,44)(H,45,46,47). The second kappa shape index (κ2) is 15.2. The molecule has 4 aromatic carbocycles. The van der Waals surface area contributed by atoms with E-state index in [1.807, 2.05) is 0 Å². The molecule has 51 heavy (non-hydrogen) atoms. The number of aryl methyl sites for hydroxylation is 1. The number of methoxy groups -OCH3 is 1. The molecule has 0 aliphatic rings. The van der Waals surface area contributed by atoms with E-state index in [4.69, 9.17) is 4.74 Å². The van der Waals surface area contributed by atoms with Crippen molar-refractivity contribution in [3.8, 4) is 11.5 Å². The first-order chi connectivity index (χ1) is 23.8. The fraction of sp³-hybridized carbons (Fsp3) is 0.233. The van der Waals surface area contributed by atoms with E-state index in [0.29, 0.717) is 5.56 Å². The summed E-state index contributed by atoms with van der Waals surface area (Å²) in [5.41, 5.74) is 0.150. The number of nitrogens with zero attached hydrogens (tertiary/aromatic N) is 3. The van der Waals surface area contributed by atoms with Gasteiger partial charge in [-0.15, -0.1) is 0 Å². The van der Waals surface area contributed by atoms with Gasteiger partial charge in [-0.05, 0) is 66.4 Å². The third kappa shape index (κ3) is 8.77. The predicted octanol–water partition coefficient (Wildman–Crippen LogP) is 3.45. The third-order valence-electron chi connectivity index (χ3n) is 7.26. The van der Waals surface area contributed by atoms with Crippen molar-refractivity contribution in [1.82, 2.24) is 4.31 Å². The second-order valence-corrected chi connectivity index (χ2v) is 15.6. The van der Waals surface area contributed by atoms with Crippen LogP contribution >= 0.6 is 0 Å². The van der Waals surface area contributed by atoms with E-state index in [2.05, 4.69) is 20.9 Å². The number of rotatable bonds is 14. The smallest absolute Gasteiger partial charge is 0.296 e. The molecular formula is C30H33N5O13S3. The first-order valence-corrected chi connectivity index (χ1v) is 18.9. The van der Waals surface area contributed by atoms with Crippen molar-refractivity contribution in [3.63, 3.8) is 0 Å². The monoisotopic (exact) mass is 767 g/mol. The fourth-order valence-electron chi connectivity index (χ4n) is 4.94. The van der Waals surface area contributed by atoms with Crippen LogP contribution in [0.1, 0.15) is 12.5 Å². The Kier molecular flexibility index (Phi) is 11.7. The first kappa shape index (κ1) is 39.1. The minimum atomic E-state index is -5.11. The topological polar surface area (TPSA) is 282 Å². The lowest BCUT2D eigenvalue weighted by Gasteiger charge is -2.20. The summed E-state index contributed by atoms with van der Waals surface area (Å²) in [6.07, 6.45) is 0. The molecule has 0 aliphatic carbocycles. The molecule has 0 saturated heterocycles. The Labute approximate surface area is 292 Å². The zero-order valence-electron chi connectivity index (χ0n) is 27.1. The van der Waals surface area contributed by atoms with Gasteiger partial charge in [-0.25, -0.2) is 8.42 Å². The quantitative estimate of drug-likeness (QED) is 0.0550. The van der Waals surface area contributed by atoms with Crippen molar-refractivity contribution in [2.75, 3.05) is 44.0 Å². The van der Waals surface area contributed by atoms with E-state index in [-0.39, 0.29) is 57.3 Å². The van der Waals surface area contributed by atoms with Crippen LogP contribution in [0, 0.1) is 6.92 Å². The van der Waals surface area contributed by atoms with Gasteiger partial charge in [0.25, 0.3) is 20.2 Å². The zero-order chi connectivity index (χ0) is 37.9. The molecule has 274 valence electrons. The van der Waals surface area contributed by atoms with Gasteiger partial charge in [-0.3, -0.25) is 13.9 Å². The number of sulfonamides is 1. The van der Waals surface area contributed by atoms with Gasteiger partial charge in [0.1, 0.15) is 22.1 Å². The lowest BCUT2D eigenvalue weighted by molar-refractivity contribution is -0.114. The summed E-state index contributed by atoms with van der Waals surface area (Å²) in [4.78, 5) is 10.2. The van der Waals surface area contributed by atoms with Crippen LogP contribution in [-0.4, -0.2) is 93.3 Å². The number of azo groups is 1. The molecule has 4 rings (SSSR count). The molecule has 1 amide bonds. The largest absolute Gasteiger partial charge is 0.505 e. The SMILES string of the molecule is COc1cc(N=Nc2ccc(S(=O)(=O)N(CCO)CCO)cc2)c(C)cc1Nc1c(S(=O)(=O)O)cc2cc(S(=O)(=O)O)cc(NC(C)=O)c2c1O. The average molecular weight is 768 g/mol. The molecule has 0 bridgehead atoms. The number of carbonyl (C=O) groups excluding carboxylic acids is 1. The van der Waals surface area contributed by atoms with Crippen molar-refractivity contribution >= 4 is 75.4 Å². The van der Waals surface area contributed by atoms with Crippen LogP contribution < -0.4 is 15.4 Å². The molecule has 0 aromatic heterocycles. The Morgan fingerprint density at radius 2 is 1.47 bits per heavy atom. The van der Waals surface area contributed by atoms with Crippen LogP contribution in [0.3, 0.4) is 0 Å². The van der Waals surface area contributed by atoms with Crippen molar-refractivity contribution in [2.45, 2.75) is 28.5 Å². The molecule has 0 radical (unpaired) electrons. The predicted molar refractivity (Wildman–Crippen MR) is 184 cm³/mol. The maximum absolute atomic E-state index is 12.9. The highest BCUT2D eigenvalue weighted by Gasteiger charge is 2.27. The summed E-state index contributed by atoms with van der Waals surface area (Å²) in [7, 11) is -12.7. The number of aliphatic hydroxyl groups excluding tert-OH is 2. The highest BCUT2D eigenvalue weighted by atomic mass is 32.2. The molecule has 0 aliphatic heterocycles. The number of fused-ring (bicyclic) bond motifs is 1. The van der Waals surface area contributed by atoms with E-state index >= 15 is 0 Å². The summed E-state index contributed by atoms with van der Waals surface area (Å²) in [6.45, 7) is 1.42. The summed E-state index contributed by atoms with van der Waals surface area (Å²) in [5.74, 6) is -1.47. The van der Waals surface area contributed by atoms with Gasteiger partial charge >= 0.3 is 0 Å². The third-order valence-corrected chi connectivity index (χ3v) is 10.9. The number of benzene rings is 4. The summed E-state index contributed by atoms with van der Waals surface area (Å²) < 4.78 is 101. The van der Waals surface area contributed by atoms with Crippen molar-refractivity contribution < 1.29 is 59.2 Å². The molecule has 0 fully saturated rings. The lowest BCUT2D eigenvalue weighted by Crippen LogP contribution is -2.35. The molecule has 0 spiro atoms. The number of aliphatic hydroxyl groups is 2. The molecule has 7 N–H and O–H groups in total. The molecule has 0 atom stereocenters. The normalized spacial score (nSPS) is 12.5. The number of ether oxygens (including phenoxy) is 1. The molecular weight excluding hydrogens is 735 g/mol.